The van der Waals surface area contributed by atoms with Crippen LogP contribution in [-0.4, -0.2) is 48.0 Å². The Labute approximate surface area is 111 Å². The van der Waals surface area contributed by atoms with Gasteiger partial charge in [0.25, 0.3) is 5.91 Å². The molecule has 0 unspecified atom stereocenters. The highest BCUT2D eigenvalue weighted by molar-refractivity contribution is 6.03. The van der Waals surface area contributed by atoms with Crippen molar-refractivity contribution < 1.29 is 24.5 Å². The molecule has 4 N–H and O–H groups in total. The number of amides is 3. The number of ether oxygens (including phenoxy) is 1. The van der Waals surface area contributed by atoms with E-state index in [9.17, 15) is 14.7 Å². The molecule has 3 atom stereocenters. The Kier molecular flexibility index (Phi) is 5.78. The van der Waals surface area contributed by atoms with Gasteiger partial charge < -0.3 is 20.3 Å². The first-order valence-electron chi connectivity index (χ1n) is 6.08. The highest BCUT2D eigenvalue weighted by Crippen LogP contribution is 2.25. The number of aliphatic hydroxyl groups is 2. The Morgan fingerprint density at radius 2 is 2.11 bits per heavy atom. The first kappa shape index (κ1) is 15.5. The second kappa shape index (κ2) is 7.10. The number of imide groups is 1. The Morgan fingerprint density at radius 3 is 2.63 bits per heavy atom. The summed E-state index contributed by atoms with van der Waals surface area (Å²) in [4.78, 5) is 23.1. The van der Waals surface area contributed by atoms with Gasteiger partial charge in [-0.25, -0.2) is 4.79 Å². The lowest BCUT2D eigenvalue weighted by Crippen LogP contribution is -2.44. The van der Waals surface area contributed by atoms with Crippen molar-refractivity contribution in [3.05, 3.63) is 11.8 Å². The molecule has 0 bridgehead atoms. The molecule has 0 aromatic heterocycles. The number of hydrogen-bond donors (Lipinski definition) is 4. The minimum absolute atomic E-state index is 0.115. The molecule has 1 aliphatic rings. The van der Waals surface area contributed by atoms with Crippen LogP contribution in [0.1, 0.15) is 19.8 Å². The molecule has 7 heteroatoms. The summed E-state index contributed by atoms with van der Waals surface area (Å²) in [7, 11) is 1.41. The van der Waals surface area contributed by atoms with Crippen LogP contribution in [0, 0.1) is 5.92 Å². The van der Waals surface area contributed by atoms with Gasteiger partial charge in [-0.1, -0.05) is 0 Å². The van der Waals surface area contributed by atoms with E-state index >= 15 is 0 Å². The molecule has 7 nitrogen and oxygen atoms in total. The van der Waals surface area contributed by atoms with Crippen LogP contribution in [-0.2, 0) is 9.53 Å². The molecule has 0 aromatic rings. The van der Waals surface area contributed by atoms with Crippen molar-refractivity contribution >= 4 is 11.9 Å². The molecule has 0 heterocycles. The van der Waals surface area contributed by atoms with E-state index in [1.54, 1.807) is 0 Å². The molecule has 0 spiro atoms. The van der Waals surface area contributed by atoms with E-state index in [-0.39, 0.29) is 24.1 Å². The highest BCUT2D eigenvalue weighted by atomic mass is 16.5. The third kappa shape index (κ3) is 4.53. The van der Waals surface area contributed by atoms with Gasteiger partial charge in [0.05, 0.1) is 19.5 Å². The molecule has 0 saturated heterocycles. The van der Waals surface area contributed by atoms with Crippen molar-refractivity contribution in [1.29, 1.82) is 0 Å². The van der Waals surface area contributed by atoms with Gasteiger partial charge in [0, 0.05) is 24.1 Å². The van der Waals surface area contributed by atoms with Crippen LogP contribution in [0.25, 0.3) is 0 Å². The summed E-state index contributed by atoms with van der Waals surface area (Å²) in [5.41, 5.74) is 0.275. The fraction of sp³-hybridized carbons (Fsp3) is 0.667. The van der Waals surface area contributed by atoms with Crippen molar-refractivity contribution in [2.24, 2.45) is 5.92 Å². The van der Waals surface area contributed by atoms with Gasteiger partial charge in [0.1, 0.15) is 0 Å². The van der Waals surface area contributed by atoms with Gasteiger partial charge in [0.15, 0.2) is 0 Å². The summed E-state index contributed by atoms with van der Waals surface area (Å²) in [6, 6.07) is -0.865. The molecule has 108 valence electrons. The zero-order valence-corrected chi connectivity index (χ0v) is 11.0. The SMILES string of the molecule is CO/C=C(/C)C(=O)NC(=O)N[C@@H]1C[C@H](CO)[C@@H](O)C1. The maximum Gasteiger partial charge on any atom is 0.321 e. The predicted octanol–water partition coefficient (Wildman–Crippen LogP) is -0.506. The van der Waals surface area contributed by atoms with Crippen LogP contribution < -0.4 is 10.6 Å². The van der Waals surface area contributed by atoms with Gasteiger partial charge in [-0.3, -0.25) is 10.1 Å². The summed E-state index contributed by atoms with van der Waals surface area (Å²) in [5, 5.41) is 23.3. The van der Waals surface area contributed by atoms with Crippen LogP contribution in [0.15, 0.2) is 11.8 Å². The molecular weight excluding hydrogens is 252 g/mol. The molecule has 1 saturated carbocycles. The predicted molar refractivity (Wildman–Crippen MR) is 67.0 cm³/mol. The Balaban J connectivity index is 2.40. The van der Waals surface area contributed by atoms with E-state index in [0.717, 1.165) is 0 Å². The van der Waals surface area contributed by atoms with Crippen LogP contribution in [0.5, 0.6) is 0 Å². The molecule has 0 aromatic carbocycles. The summed E-state index contributed by atoms with van der Waals surface area (Å²) in [6.45, 7) is 1.41. The van der Waals surface area contributed by atoms with E-state index in [1.807, 2.05) is 0 Å². The fourth-order valence-electron chi connectivity index (χ4n) is 2.07. The number of carbonyl (C=O) groups excluding carboxylic acids is 2. The van der Waals surface area contributed by atoms with Crippen molar-refractivity contribution in [3.8, 4) is 0 Å². The third-order valence-corrected chi connectivity index (χ3v) is 3.11. The lowest BCUT2D eigenvalue weighted by Gasteiger charge is -2.12. The standard InChI is InChI=1S/C12H20N2O5/c1-7(6-19-2)11(17)14-12(18)13-9-3-8(5-15)10(16)4-9/h6,8-10,15-16H,3-5H2,1-2H3,(H2,13,14,17,18)/b7-6-/t8-,9-,10+/m1/s1. The quantitative estimate of drug-likeness (QED) is 0.407. The van der Waals surface area contributed by atoms with Crippen LogP contribution in [0.4, 0.5) is 4.79 Å². The maximum absolute atomic E-state index is 11.6. The number of carbonyl (C=O) groups is 2. The summed E-state index contributed by atoms with van der Waals surface area (Å²) >= 11 is 0. The van der Waals surface area contributed by atoms with Gasteiger partial charge >= 0.3 is 6.03 Å². The van der Waals surface area contributed by atoms with E-state index in [2.05, 4.69) is 15.4 Å². The number of methoxy groups -OCH3 is 1. The normalized spacial score (nSPS) is 26.9. The minimum atomic E-state index is -0.624. The van der Waals surface area contributed by atoms with E-state index < -0.39 is 18.0 Å². The fourth-order valence-corrected chi connectivity index (χ4v) is 2.07. The Morgan fingerprint density at radius 1 is 1.42 bits per heavy atom. The van der Waals surface area contributed by atoms with Crippen LogP contribution in [0.3, 0.4) is 0 Å². The van der Waals surface area contributed by atoms with E-state index in [0.29, 0.717) is 12.8 Å². The molecule has 19 heavy (non-hydrogen) atoms. The van der Waals surface area contributed by atoms with Crippen molar-refractivity contribution in [1.82, 2.24) is 10.6 Å². The first-order valence-corrected chi connectivity index (χ1v) is 6.08. The summed E-state index contributed by atoms with van der Waals surface area (Å²) < 4.78 is 4.67. The lowest BCUT2D eigenvalue weighted by atomic mass is 10.1. The first-order chi connectivity index (χ1) is 8.97. The average molecular weight is 272 g/mol. The summed E-state index contributed by atoms with van der Waals surface area (Å²) in [6.07, 6.45) is 1.48. The van der Waals surface area contributed by atoms with E-state index in [4.69, 9.17) is 5.11 Å². The summed E-state index contributed by atoms with van der Waals surface area (Å²) in [5.74, 6) is -0.771. The topological polar surface area (TPSA) is 108 Å². The van der Waals surface area contributed by atoms with Crippen LogP contribution >= 0.6 is 0 Å². The van der Waals surface area contributed by atoms with Gasteiger partial charge in [0.2, 0.25) is 0 Å². The maximum atomic E-state index is 11.6. The Hall–Kier alpha value is -1.60. The van der Waals surface area contributed by atoms with Gasteiger partial charge in [-0.2, -0.15) is 0 Å². The van der Waals surface area contributed by atoms with Crippen LogP contribution in [0.2, 0.25) is 0 Å². The van der Waals surface area contributed by atoms with Crippen molar-refractivity contribution in [2.45, 2.75) is 31.9 Å². The van der Waals surface area contributed by atoms with Crippen molar-refractivity contribution in [3.63, 3.8) is 0 Å². The second-order valence-electron chi connectivity index (χ2n) is 4.64. The molecule has 1 rings (SSSR count). The number of hydrogen-bond acceptors (Lipinski definition) is 5. The Bertz CT molecular complexity index is 369. The number of rotatable bonds is 4. The molecule has 1 fully saturated rings. The molecule has 3 amide bonds. The third-order valence-electron chi connectivity index (χ3n) is 3.11. The average Bonchev–Trinajstić information content (AvgIpc) is 2.69. The van der Waals surface area contributed by atoms with Gasteiger partial charge in [-0.15, -0.1) is 0 Å². The smallest absolute Gasteiger partial charge is 0.321 e. The largest absolute Gasteiger partial charge is 0.504 e. The molecule has 1 aliphatic carbocycles. The van der Waals surface area contributed by atoms with Gasteiger partial charge in [-0.05, 0) is 19.8 Å². The molecule has 0 radical (unpaired) electrons. The van der Waals surface area contributed by atoms with E-state index in [1.165, 1.54) is 20.3 Å². The highest BCUT2D eigenvalue weighted by Gasteiger charge is 2.33. The second-order valence-corrected chi connectivity index (χ2v) is 4.64. The number of urea groups is 1. The zero-order chi connectivity index (χ0) is 14.4. The molecular formula is C12H20N2O5. The zero-order valence-electron chi connectivity index (χ0n) is 11.0. The van der Waals surface area contributed by atoms with Crippen molar-refractivity contribution in [2.75, 3.05) is 13.7 Å². The molecule has 0 aliphatic heterocycles. The monoisotopic (exact) mass is 272 g/mol. The minimum Gasteiger partial charge on any atom is -0.504 e. The number of nitrogens with one attached hydrogen (secondary N) is 2. The lowest BCUT2D eigenvalue weighted by molar-refractivity contribution is -0.116. The number of aliphatic hydroxyl groups excluding tert-OH is 2.